The van der Waals surface area contributed by atoms with Crippen molar-refractivity contribution in [3.05, 3.63) is 12.4 Å². The molecule has 2 N–H and O–H groups in total. The number of sulfonamides is 1. The van der Waals surface area contributed by atoms with Gasteiger partial charge >= 0.3 is 6.18 Å². The van der Waals surface area contributed by atoms with Gasteiger partial charge in [0.2, 0.25) is 21.9 Å². The number of anilines is 3. The second kappa shape index (κ2) is 9.77. The van der Waals surface area contributed by atoms with Crippen molar-refractivity contribution in [2.75, 3.05) is 67.7 Å². The average Bonchev–Trinajstić information content (AvgIpc) is 3.20. The molecule has 2 fully saturated rings. The Kier molecular flexibility index (Phi) is 6.77. The minimum atomic E-state index is -4.57. The van der Waals surface area contributed by atoms with Gasteiger partial charge in [-0.2, -0.15) is 17.5 Å². The molecule has 2 aliphatic heterocycles. The molecule has 0 aliphatic carbocycles. The Labute approximate surface area is 216 Å². The second-order valence-electron chi connectivity index (χ2n) is 9.25. The van der Waals surface area contributed by atoms with Crippen LogP contribution in [0.2, 0.25) is 0 Å². The van der Waals surface area contributed by atoms with E-state index < -0.39 is 28.8 Å². The zero-order chi connectivity index (χ0) is 27.2. The number of nitrogens with two attached hydrogens (primary N) is 1. The molecule has 0 amide bonds. The Balaban J connectivity index is 1.68. The third-order valence-electron chi connectivity index (χ3n) is 6.41. The first-order valence-corrected chi connectivity index (χ1v) is 13.7. The Morgan fingerprint density at radius 1 is 1.05 bits per heavy atom. The maximum absolute atomic E-state index is 13.9. The topological polar surface area (TPSA) is 148 Å². The summed E-state index contributed by atoms with van der Waals surface area (Å²) in [6.07, 6.45) is -0.643. The Morgan fingerprint density at radius 2 is 1.74 bits per heavy atom. The molecule has 0 bridgehead atoms. The highest BCUT2D eigenvalue weighted by Crippen LogP contribution is 2.34. The lowest BCUT2D eigenvalue weighted by molar-refractivity contribution is -0.139. The van der Waals surface area contributed by atoms with Gasteiger partial charge in [-0.1, -0.05) is 0 Å². The number of rotatable bonds is 5. The molecule has 38 heavy (non-hydrogen) atoms. The molecule has 0 unspecified atom stereocenters. The molecular formula is C21H27F3N10O3S. The van der Waals surface area contributed by atoms with Crippen molar-refractivity contribution >= 4 is 38.9 Å². The van der Waals surface area contributed by atoms with E-state index in [0.29, 0.717) is 37.7 Å². The normalized spacial score (nSPS) is 19.9. The molecule has 0 aromatic carbocycles. The number of ether oxygens (including phenoxy) is 1. The van der Waals surface area contributed by atoms with E-state index in [4.69, 9.17) is 10.5 Å². The lowest BCUT2D eigenvalue weighted by atomic mass is 10.2. The highest BCUT2D eigenvalue weighted by Gasteiger charge is 2.36. The van der Waals surface area contributed by atoms with Crippen LogP contribution in [-0.4, -0.2) is 107 Å². The quantitative estimate of drug-likeness (QED) is 0.474. The standard InChI is InChI=1S/C21H27F3N10O3S/c1-13-11-32(3-4-34(13)38(2,35)36)20-28-15-17(31-5-7-37-8-6-31)29-16(14-9-26-19(25)27-10-14)30-18(15)33(20)12-21(22,23)24/h9-10,13H,3-8,11-12H2,1-2H3,(H2,25,26,27)/t13-/m1/s1. The van der Waals surface area contributed by atoms with Gasteiger partial charge in [-0.05, 0) is 6.92 Å². The molecule has 206 valence electrons. The molecule has 3 aromatic heterocycles. The van der Waals surface area contributed by atoms with Crippen molar-refractivity contribution in [2.24, 2.45) is 0 Å². The minimum Gasteiger partial charge on any atom is -0.378 e. The fraction of sp³-hybridized carbons (Fsp3) is 0.571. The summed E-state index contributed by atoms with van der Waals surface area (Å²) in [5.74, 6) is 0.584. The molecule has 5 rings (SSSR count). The van der Waals surface area contributed by atoms with Crippen LogP contribution in [0.3, 0.4) is 0 Å². The van der Waals surface area contributed by atoms with Crippen LogP contribution in [0.4, 0.5) is 30.9 Å². The van der Waals surface area contributed by atoms with Crippen LogP contribution < -0.4 is 15.5 Å². The summed E-state index contributed by atoms with van der Waals surface area (Å²) in [7, 11) is -3.47. The van der Waals surface area contributed by atoms with Crippen LogP contribution >= 0.6 is 0 Å². The SMILES string of the molecule is C[C@@H]1CN(c2nc3c(N4CCOCC4)nc(-c4cnc(N)nc4)nc3n2CC(F)(F)F)CCN1S(C)(=O)=O. The number of halogens is 3. The summed E-state index contributed by atoms with van der Waals surface area (Å²) in [4.78, 5) is 25.2. The smallest absolute Gasteiger partial charge is 0.378 e. The van der Waals surface area contributed by atoms with Gasteiger partial charge in [-0.3, -0.25) is 4.57 Å². The van der Waals surface area contributed by atoms with E-state index in [1.807, 2.05) is 4.90 Å². The Morgan fingerprint density at radius 3 is 2.34 bits per heavy atom. The second-order valence-corrected chi connectivity index (χ2v) is 11.2. The third-order valence-corrected chi connectivity index (χ3v) is 7.80. The first-order chi connectivity index (χ1) is 17.9. The highest BCUT2D eigenvalue weighted by atomic mass is 32.2. The highest BCUT2D eigenvalue weighted by molar-refractivity contribution is 7.88. The Hall–Kier alpha value is -3.31. The maximum Gasteiger partial charge on any atom is 0.406 e. The minimum absolute atomic E-state index is 0.00108. The summed E-state index contributed by atoms with van der Waals surface area (Å²) < 4.78 is 73.6. The molecule has 2 aliphatic rings. The summed E-state index contributed by atoms with van der Waals surface area (Å²) >= 11 is 0. The number of imidazole rings is 1. The van der Waals surface area contributed by atoms with Crippen LogP contribution in [0.25, 0.3) is 22.6 Å². The lowest BCUT2D eigenvalue weighted by Gasteiger charge is -2.38. The summed E-state index contributed by atoms with van der Waals surface area (Å²) in [6, 6.07) is -0.467. The maximum atomic E-state index is 13.9. The van der Waals surface area contributed by atoms with Gasteiger partial charge in [0.1, 0.15) is 6.54 Å². The predicted molar refractivity (Wildman–Crippen MR) is 133 cm³/mol. The molecule has 5 heterocycles. The third kappa shape index (κ3) is 5.30. The summed E-state index contributed by atoms with van der Waals surface area (Å²) in [5.41, 5.74) is 6.19. The van der Waals surface area contributed by atoms with E-state index in [-0.39, 0.29) is 48.5 Å². The molecule has 0 spiro atoms. The zero-order valence-corrected chi connectivity index (χ0v) is 21.6. The summed E-state index contributed by atoms with van der Waals surface area (Å²) in [6.45, 7) is 2.60. The fourth-order valence-corrected chi connectivity index (χ4v) is 5.87. The Bertz CT molecular complexity index is 1420. The molecule has 3 aromatic rings. The summed E-state index contributed by atoms with van der Waals surface area (Å²) in [5, 5.41) is 0. The number of fused-ring (bicyclic) bond motifs is 1. The largest absolute Gasteiger partial charge is 0.406 e. The van der Waals surface area contributed by atoms with E-state index in [0.717, 1.165) is 10.8 Å². The van der Waals surface area contributed by atoms with Crippen LogP contribution in [-0.2, 0) is 21.3 Å². The molecule has 0 radical (unpaired) electrons. The van der Waals surface area contributed by atoms with Crippen molar-refractivity contribution in [3.8, 4) is 11.4 Å². The van der Waals surface area contributed by atoms with E-state index >= 15 is 0 Å². The van der Waals surface area contributed by atoms with Crippen molar-refractivity contribution < 1.29 is 26.3 Å². The lowest BCUT2D eigenvalue weighted by Crippen LogP contribution is -2.54. The zero-order valence-electron chi connectivity index (χ0n) is 20.8. The van der Waals surface area contributed by atoms with Crippen molar-refractivity contribution in [1.29, 1.82) is 0 Å². The number of alkyl halides is 3. The fourth-order valence-electron chi connectivity index (χ4n) is 4.73. The number of hydrogen-bond donors (Lipinski definition) is 1. The van der Waals surface area contributed by atoms with Crippen molar-refractivity contribution in [1.82, 2.24) is 33.8 Å². The van der Waals surface area contributed by atoms with Crippen molar-refractivity contribution in [3.63, 3.8) is 0 Å². The van der Waals surface area contributed by atoms with E-state index in [2.05, 4.69) is 24.9 Å². The van der Waals surface area contributed by atoms with Crippen molar-refractivity contribution in [2.45, 2.75) is 25.7 Å². The monoisotopic (exact) mass is 556 g/mol. The first-order valence-electron chi connectivity index (χ1n) is 11.9. The van der Waals surface area contributed by atoms with Gasteiger partial charge in [-0.25, -0.2) is 33.3 Å². The number of nitrogens with zero attached hydrogens (tertiary/aromatic N) is 9. The molecule has 17 heteroatoms. The number of morpholine rings is 1. The van der Waals surface area contributed by atoms with Crippen LogP contribution in [0.1, 0.15) is 6.92 Å². The van der Waals surface area contributed by atoms with Gasteiger partial charge in [-0.15, -0.1) is 0 Å². The van der Waals surface area contributed by atoms with Gasteiger partial charge in [0.15, 0.2) is 22.8 Å². The molecule has 0 saturated carbocycles. The van der Waals surface area contributed by atoms with Gasteiger partial charge in [0.05, 0.1) is 25.0 Å². The van der Waals surface area contributed by atoms with Gasteiger partial charge < -0.3 is 20.3 Å². The molecule has 2 saturated heterocycles. The van der Waals surface area contributed by atoms with Crippen LogP contribution in [0.5, 0.6) is 0 Å². The number of aromatic nitrogens is 6. The molecule has 1 atom stereocenters. The number of hydrogen-bond acceptors (Lipinski definition) is 11. The van der Waals surface area contributed by atoms with Gasteiger partial charge in [0, 0.05) is 51.2 Å². The predicted octanol–water partition coefficient (Wildman–Crippen LogP) is 0.735. The van der Waals surface area contributed by atoms with E-state index in [9.17, 15) is 21.6 Å². The van der Waals surface area contributed by atoms with Crippen LogP contribution in [0, 0.1) is 0 Å². The average molecular weight is 557 g/mol. The number of piperazine rings is 1. The van der Waals surface area contributed by atoms with Gasteiger partial charge in [0.25, 0.3) is 0 Å². The van der Waals surface area contributed by atoms with E-state index in [1.54, 1.807) is 11.8 Å². The number of nitrogen functional groups attached to an aromatic ring is 1. The van der Waals surface area contributed by atoms with E-state index in [1.165, 1.54) is 16.7 Å². The molecular weight excluding hydrogens is 529 g/mol. The van der Waals surface area contributed by atoms with Crippen LogP contribution in [0.15, 0.2) is 12.4 Å². The first kappa shape index (κ1) is 26.3. The molecule has 13 nitrogen and oxygen atoms in total.